The molecule has 0 bridgehead atoms. The fourth-order valence-electron chi connectivity index (χ4n) is 3.14. The zero-order chi connectivity index (χ0) is 18.0. The maximum absolute atomic E-state index is 12.6. The zero-order valence-electron chi connectivity index (χ0n) is 15.0. The van der Waals surface area contributed by atoms with E-state index >= 15 is 0 Å². The molecule has 8 nitrogen and oxygen atoms in total. The van der Waals surface area contributed by atoms with Crippen LogP contribution in [-0.4, -0.2) is 58.1 Å². The number of carbonyl (C=O) groups excluding carboxylic acids is 2. The van der Waals surface area contributed by atoms with E-state index in [0.29, 0.717) is 25.3 Å². The van der Waals surface area contributed by atoms with Gasteiger partial charge in [-0.05, 0) is 40.0 Å². The van der Waals surface area contributed by atoms with Crippen molar-refractivity contribution in [2.75, 3.05) is 25.1 Å². The normalized spacial score (nSPS) is 23.7. The summed E-state index contributed by atoms with van der Waals surface area (Å²) >= 11 is 0. The number of nitrogens with zero attached hydrogens (tertiary/aromatic N) is 3. The van der Waals surface area contributed by atoms with Crippen molar-refractivity contribution >= 4 is 17.7 Å². The number of nitrogens with one attached hydrogen (secondary N) is 1. The summed E-state index contributed by atoms with van der Waals surface area (Å²) in [6, 6.07) is -0.289. The van der Waals surface area contributed by atoms with Crippen LogP contribution in [0.25, 0.3) is 0 Å². The molecular formula is C17H26N4O4. The van der Waals surface area contributed by atoms with Crippen LogP contribution in [-0.2, 0) is 14.3 Å². The largest absolute Gasteiger partial charge is 0.444 e. The second-order valence-electron chi connectivity index (χ2n) is 7.55. The Kier molecular flexibility index (Phi) is 4.99. The molecule has 3 rings (SSSR count). The third-order valence-electron chi connectivity index (χ3n) is 4.33. The van der Waals surface area contributed by atoms with Gasteiger partial charge in [0.05, 0.1) is 24.5 Å². The number of hydrogen-bond acceptors (Lipinski definition) is 5. The van der Waals surface area contributed by atoms with Gasteiger partial charge in [-0.3, -0.25) is 14.4 Å². The second-order valence-corrected chi connectivity index (χ2v) is 7.55. The number of hydrogen-bond donors (Lipinski definition) is 1. The van der Waals surface area contributed by atoms with Gasteiger partial charge in [-0.25, -0.2) is 4.79 Å². The van der Waals surface area contributed by atoms with Gasteiger partial charge in [0.15, 0.2) is 0 Å². The zero-order valence-corrected chi connectivity index (χ0v) is 15.0. The predicted octanol–water partition coefficient (Wildman–Crippen LogP) is 2.18. The third kappa shape index (κ3) is 4.31. The summed E-state index contributed by atoms with van der Waals surface area (Å²) in [5.74, 6) is -0.203. The summed E-state index contributed by atoms with van der Waals surface area (Å²) in [6.45, 7) is 7.36. The molecule has 2 amide bonds. The molecule has 2 fully saturated rings. The van der Waals surface area contributed by atoms with Gasteiger partial charge in [0.2, 0.25) is 5.91 Å². The van der Waals surface area contributed by atoms with Crippen LogP contribution < -0.4 is 5.32 Å². The molecule has 0 saturated carbocycles. The van der Waals surface area contributed by atoms with Crippen molar-refractivity contribution in [1.82, 2.24) is 14.7 Å². The van der Waals surface area contributed by atoms with E-state index in [1.165, 1.54) is 4.90 Å². The van der Waals surface area contributed by atoms with Gasteiger partial charge in [0, 0.05) is 19.3 Å². The molecule has 0 radical (unpaired) electrons. The summed E-state index contributed by atoms with van der Waals surface area (Å²) in [7, 11) is 0. The molecule has 3 heterocycles. The predicted molar refractivity (Wildman–Crippen MR) is 91.3 cm³/mol. The molecule has 2 aliphatic rings. The smallest absolute Gasteiger partial charge is 0.410 e. The van der Waals surface area contributed by atoms with Crippen molar-refractivity contribution in [3.05, 3.63) is 12.4 Å². The van der Waals surface area contributed by atoms with E-state index in [4.69, 9.17) is 9.47 Å². The SMILES string of the molecule is CC(C)(C)OC(=O)N1CCC[C@@H]1C(=O)Nc1cnn([C@@H]2CCOC2)c1. The van der Waals surface area contributed by atoms with E-state index in [2.05, 4.69) is 10.4 Å². The van der Waals surface area contributed by atoms with E-state index in [0.717, 1.165) is 19.4 Å². The van der Waals surface area contributed by atoms with Crippen molar-refractivity contribution in [3.8, 4) is 0 Å². The average Bonchev–Trinajstić information content (AvgIpc) is 3.26. The highest BCUT2D eigenvalue weighted by atomic mass is 16.6. The molecule has 2 atom stereocenters. The van der Waals surface area contributed by atoms with Crippen LogP contribution in [0.1, 0.15) is 46.1 Å². The number of carbonyl (C=O) groups is 2. The standard InChI is InChI=1S/C17H26N4O4/c1-17(2,3)25-16(23)20-7-4-5-14(20)15(22)19-12-9-18-21(10-12)13-6-8-24-11-13/h9-10,13-14H,4-8,11H2,1-3H3,(H,19,22)/t13-,14-/m1/s1. The Morgan fingerprint density at radius 3 is 2.84 bits per heavy atom. The quantitative estimate of drug-likeness (QED) is 0.903. The Bertz CT molecular complexity index is 631. The topological polar surface area (TPSA) is 85.7 Å². The summed E-state index contributed by atoms with van der Waals surface area (Å²) in [4.78, 5) is 26.4. The lowest BCUT2D eigenvalue weighted by molar-refractivity contribution is -0.120. The highest BCUT2D eigenvalue weighted by Gasteiger charge is 2.36. The number of likely N-dealkylation sites (tertiary alicyclic amines) is 1. The van der Waals surface area contributed by atoms with Gasteiger partial charge < -0.3 is 14.8 Å². The van der Waals surface area contributed by atoms with Crippen LogP contribution in [0.5, 0.6) is 0 Å². The monoisotopic (exact) mass is 350 g/mol. The Balaban J connectivity index is 1.61. The summed E-state index contributed by atoms with van der Waals surface area (Å²) in [5.41, 5.74) is 0.0542. The minimum absolute atomic E-state index is 0.203. The second kappa shape index (κ2) is 7.03. The fraction of sp³-hybridized carbons (Fsp3) is 0.706. The van der Waals surface area contributed by atoms with Gasteiger partial charge >= 0.3 is 6.09 Å². The highest BCUT2D eigenvalue weighted by Crippen LogP contribution is 2.23. The van der Waals surface area contributed by atoms with Crippen molar-refractivity contribution in [1.29, 1.82) is 0 Å². The number of rotatable bonds is 3. The number of ether oxygens (including phenoxy) is 2. The van der Waals surface area contributed by atoms with Crippen LogP contribution in [0.3, 0.4) is 0 Å². The molecule has 2 saturated heterocycles. The molecule has 0 spiro atoms. The highest BCUT2D eigenvalue weighted by molar-refractivity contribution is 5.96. The third-order valence-corrected chi connectivity index (χ3v) is 4.33. The molecular weight excluding hydrogens is 324 g/mol. The molecule has 0 aliphatic carbocycles. The molecule has 0 aromatic carbocycles. The first-order valence-corrected chi connectivity index (χ1v) is 8.76. The van der Waals surface area contributed by atoms with Crippen molar-refractivity contribution < 1.29 is 19.1 Å². The average molecular weight is 350 g/mol. The number of amides is 2. The molecule has 1 aromatic heterocycles. The van der Waals surface area contributed by atoms with E-state index in [1.807, 2.05) is 31.6 Å². The van der Waals surface area contributed by atoms with E-state index in [1.54, 1.807) is 6.20 Å². The fourth-order valence-corrected chi connectivity index (χ4v) is 3.14. The molecule has 138 valence electrons. The van der Waals surface area contributed by atoms with Crippen molar-refractivity contribution in [3.63, 3.8) is 0 Å². The van der Waals surface area contributed by atoms with Gasteiger partial charge in [-0.15, -0.1) is 0 Å². The molecule has 2 aliphatic heterocycles. The van der Waals surface area contributed by atoms with Crippen LogP contribution >= 0.6 is 0 Å². The first kappa shape index (κ1) is 17.7. The molecule has 1 aromatic rings. The summed E-state index contributed by atoms with van der Waals surface area (Å²) in [6.07, 6.45) is 5.34. The first-order valence-electron chi connectivity index (χ1n) is 8.76. The molecule has 0 unspecified atom stereocenters. The lowest BCUT2D eigenvalue weighted by atomic mass is 10.2. The summed E-state index contributed by atoms with van der Waals surface area (Å²) < 4.78 is 12.6. The minimum atomic E-state index is -0.578. The number of aromatic nitrogens is 2. The van der Waals surface area contributed by atoms with E-state index in [9.17, 15) is 9.59 Å². The Morgan fingerprint density at radius 1 is 1.36 bits per heavy atom. The van der Waals surface area contributed by atoms with Crippen molar-refractivity contribution in [2.45, 2.75) is 57.7 Å². The lowest BCUT2D eigenvalue weighted by Crippen LogP contribution is -2.45. The van der Waals surface area contributed by atoms with Gasteiger partial charge in [0.1, 0.15) is 11.6 Å². The number of anilines is 1. The first-order chi connectivity index (χ1) is 11.8. The van der Waals surface area contributed by atoms with Crippen LogP contribution in [0, 0.1) is 0 Å². The molecule has 1 N–H and O–H groups in total. The maximum Gasteiger partial charge on any atom is 0.410 e. The van der Waals surface area contributed by atoms with Crippen LogP contribution in [0.2, 0.25) is 0 Å². The maximum atomic E-state index is 12.6. The van der Waals surface area contributed by atoms with Crippen molar-refractivity contribution in [2.24, 2.45) is 0 Å². The summed E-state index contributed by atoms with van der Waals surface area (Å²) in [5, 5.41) is 7.16. The Labute approximate surface area is 147 Å². The Morgan fingerprint density at radius 2 is 2.16 bits per heavy atom. The van der Waals surface area contributed by atoms with Crippen LogP contribution in [0.4, 0.5) is 10.5 Å². The van der Waals surface area contributed by atoms with Gasteiger partial charge in [0.25, 0.3) is 0 Å². The van der Waals surface area contributed by atoms with E-state index < -0.39 is 17.7 Å². The molecule has 8 heteroatoms. The van der Waals surface area contributed by atoms with Gasteiger partial charge in [-0.1, -0.05) is 0 Å². The minimum Gasteiger partial charge on any atom is -0.444 e. The molecule has 25 heavy (non-hydrogen) atoms. The van der Waals surface area contributed by atoms with Crippen LogP contribution in [0.15, 0.2) is 12.4 Å². The Hall–Kier alpha value is -2.09. The lowest BCUT2D eigenvalue weighted by Gasteiger charge is -2.27. The van der Waals surface area contributed by atoms with Gasteiger partial charge in [-0.2, -0.15) is 5.10 Å². The van der Waals surface area contributed by atoms with E-state index in [-0.39, 0.29) is 11.9 Å².